The van der Waals surface area contributed by atoms with Crippen LogP contribution in [0.3, 0.4) is 0 Å². The van der Waals surface area contributed by atoms with E-state index in [0.29, 0.717) is 11.3 Å². The van der Waals surface area contributed by atoms with Crippen molar-refractivity contribution in [2.75, 3.05) is 11.5 Å². The van der Waals surface area contributed by atoms with Crippen LogP contribution in [0.4, 0.5) is 5.69 Å². The van der Waals surface area contributed by atoms with Crippen molar-refractivity contribution in [3.63, 3.8) is 0 Å². The van der Waals surface area contributed by atoms with E-state index in [1.807, 2.05) is 74.5 Å². The predicted octanol–water partition coefficient (Wildman–Crippen LogP) is 6.25. The molecule has 2 atom stereocenters. The van der Waals surface area contributed by atoms with Crippen LogP contribution in [-0.2, 0) is 18.7 Å². The van der Waals surface area contributed by atoms with Gasteiger partial charge in [0.15, 0.2) is 6.61 Å². The summed E-state index contributed by atoms with van der Waals surface area (Å²) in [5, 5.41) is 0. The molecule has 42 heavy (non-hydrogen) atoms. The lowest BCUT2D eigenvalue weighted by Gasteiger charge is -2.51. The van der Waals surface area contributed by atoms with E-state index in [9.17, 15) is 19.2 Å². The number of benzene rings is 4. The summed E-state index contributed by atoms with van der Waals surface area (Å²) in [5.41, 5.74) is 7.06. The Morgan fingerprint density at radius 3 is 2.10 bits per heavy atom. The summed E-state index contributed by atoms with van der Waals surface area (Å²) in [6.07, 6.45) is 0. The molecule has 6 nitrogen and oxygen atoms in total. The van der Waals surface area contributed by atoms with Crippen molar-refractivity contribution < 1.29 is 23.9 Å². The molecule has 1 fully saturated rings. The molecule has 1 heterocycles. The maximum absolute atomic E-state index is 14.1. The summed E-state index contributed by atoms with van der Waals surface area (Å²) in [4.78, 5) is 54.8. The SMILES string of the molecule is Cc1ccc(C)c(C(=O)COC(=O)c2ccc(N3C(=O)[C@@H]4[C@@H](C3=O)C3c5ccccc5C4(Br)c4ccccc43)cc2)c1. The van der Waals surface area contributed by atoms with Gasteiger partial charge in [-0.15, -0.1) is 0 Å². The van der Waals surface area contributed by atoms with Crippen molar-refractivity contribution in [3.8, 4) is 0 Å². The average Bonchev–Trinajstić information content (AvgIpc) is 3.28. The number of esters is 1. The summed E-state index contributed by atoms with van der Waals surface area (Å²) >= 11 is 4.00. The molecule has 3 aliphatic carbocycles. The summed E-state index contributed by atoms with van der Waals surface area (Å²) in [7, 11) is 0. The molecule has 0 spiro atoms. The molecule has 0 saturated carbocycles. The zero-order valence-corrected chi connectivity index (χ0v) is 24.6. The van der Waals surface area contributed by atoms with E-state index in [4.69, 9.17) is 4.74 Å². The third-order valence-electron chi connectivity index (χ3n) is 8.90. The van der Waals surface area contributed by atoms with Gasteiger partial charge in [0.05, 0.1) is 27.4 Å². The minimum Gasteiger partial charge on any atom is -0.454 e. The molecule has 2 bridgehead atoms. The summed E-state index contributed by atoms with van der Waals surface area (Å²) in [6, 6.07) is 27.8. The van der Waals surface area contributed by atoms with Crippen LogP contribution in [0.1, 0.15) is 60.0 Å². The largest absolute Gasteiger partial charge is 0.454 e. The van der Waals surface area contributed by atoms with Crippen molar-refractivity contribution in [3.05, 3.63) is 136 Å². The molecule has 1 saturated heterocycles. The highest BCUT2D eigenvalue weighted by molar-refractivity contribution is 9.09. The number of ketones is 1. The van der Waals surface area contributed by atoms with Crippen molar-refractivity contribution in [1.82, 2.24) is 0 Å². The lowest BCUT2D eigenvalue weighted by molar-refractivity contribution is -0.122. The lowest BCUT2D eigenvalue weighted by Crippen LogP contribution is -2.50. The number of nitrogens with zero attached hydrogens (tertiary/aromatic N) is 1. The van der Waals surface area contributed by atoms with Crippen molar-refractivity contribution >= 4 is 45.2 Å². The average molecular weight is 620 g/mol. The van der Waals surface area contributed by atoms with Gasteiger partial charge in [-0.25, -0.2) is 9.69 Å². The summed E-state index contributed by atoms with van der Waals surface area (Å²) in [5.74, 6) is -2.86. The van der Waals surface area contributed by atoms with Crippen LogP contribution in [-0.4, -0.2) is 30.2 Å². The highest BCUT2D eigenvalue weighted by atomic mass is 79.9. The Morgan fingerprint density at radius 2 is 1.45 bits per heavy atom. The monoisotopic (exact) mass is 619 g/mol. The van der Waals surface area contributed by atoms with Gasteiger partial charge in [-0.05, 0) is 72.0 Å². The quantitative estimate of drug-likeness (QED) is 0.114. The molecular weight excluding hydrogens is 594 g/mol. The van der Waals surface area contributed by atoms with Crippen molar-refractivity contribution in [2.45, 2.75) is 24.1 Å². The van der Waals surface area contributed by atoms with E-state index >= 15 is 0 Å². The second-order valence-corrected chi connectivity index (χ2v) is 12.5. The molecule has 8 rings (SSSR count). The first kappa shape index (κ1) is 26.5. The van der Waals surface area contributed by atoms with Crippen LogP contribution in [0, 0.1) is 25.7 Å². The number of aryl methyl sites for hydroxylation is 2. The molecule has 1 aliphatic heterocycles. The van der Waals surface area contributed by atoms with Gasteiger partial charge in [-0.1, -0.05) is 82.2 Å². The van der Waals surface area contributed by atoms with Gasteiger partial charge in [0.2, 0.25) is 17.6 Å². The van der Waals surface area contributed by atoms with Crippen LogP contribution in [0.2, 0.25) is 0 Å². The molecule has 0 aromatic heterocycles. The van der Waals surface area contributed by atoms with Crippen LogP contribution in [0.15, 0.2) is 91.0 Å². The van der Waals surface area contributed by atoms with Crippen molar-refractivity contribution in [2.24, 2.45) is 11.8 Å². The zero-order valence-electron chi connectivity index (χ0n) is 23.0. The van der Waals surface area contributed by atoms with Crippen LogP contribution < -0.4 is 4.90 Å². The van der Waals surface area contributed by atoms with Gasteiger partial charge in [-0.2, -0.15) is 0 Å². The first-order valence-corrected chi connectivity index (χ1v) is 14.6. The first-order chi connectivity index (χ1) is 20.2. The number of halogens is 1. The first-order valence-electron chi connectivity index (χ1n) is 13.8. The Hall–Kier alpha value is -4.36. The molecular formula is C35H26BrNO5. The second-order valence-electron chi connectivity index (χ2n) is 11.2. The van der Waals surface area contributed by atoms with Gasteiger partial charge in [0, 0.05) is 11.5 Å². The van der Waals surface area contributed by atoms with Gasteiger partial charge in [0.25, 0.3) is 0 Å². The molecule has 0 unspecified atom stereocenters. The Morgan fingerprint density at radius 1 is 0.833 bits per heavy atom. The standard InChI is InChI=1S/C35H26BrNO5/c1-19-11-12-20(2)25(17-19)28(38)18-42-34(41)21-13-15-22(16-14-21)37-32(39)30-29-23-7-3-5-9-26(23)35(36,31(30)33(37)40)27-10-6-4-8-24(27)29/h3-17,29-31H,18H2,1-2H3/t29?,30-,31-,35?/m0/s1. The number of hydrogen-bond acceptors (Lipinski definition) is 5. The highest BCUT2D eigenvalue weighted by Crippen LogP contribution is 2.66. The minimum atomic E-state index is -0.826. The van der Waals surface area contributed by atoms with E-state index in [1.54, 1.807) is 18.2 Å². The topological polar surface area (TPSA) is 80.8 Å². The molecule has 4 aromatic rings. The van der Waals surface area contributed by atoms with Crippen LogP contribution in [0.25, 0.3) is 0 Å². The molecule has 0 N–H and O–H groups in total. The third kappa shape index (κ3) is 3.69. The summed E-state index contributed by atoms with van der Waals surface area (Å²) < 4.78 is 4.48. The van der Waals surface area contributed by atoms with Gasteiger partial charge in [0.1, 0.15) is 0 Å². The number of imide groups is 1. The molecule has 4 aliphatic rings. The number of anilines is 1. The zero-order chi connectivity index (χ0) is 29.3. The molecule has 2 amide bonds. The Balaban J connectivity index is 1.15. The number of hydrogen-bond donors (Lipinski definition) is 0. The number of amides is 2. The molecule has 4 aromatic carbocycles. The molecule has 7 heteroatoms. The number of rotatable bonds is 5. The highest BCUT2D eigenvalue weighted by Gasteiger charge is 2.67. The number of alkyl halides is 1. The fourth-order valence-corrected chi connectivity index (χ4v) is 8.21. The maximum Gasteiger partial charge on any atom is 0.338 e. The normalized spacial score (nSPS) is 23.3. The fraction of sp³-hybridized carbons (Fsp3) is 0.200. The Kier molecular flexibility index (Phi) is 6.06. The number of Topliss-reactive ketones (excluding diaryl/α,β-unsaturated/α-hetero) is 1. The van der Waals surface area contributed by atoms with Crippen molar-refractivity contribution in [1.29, 1.82) is 0 Å². The van der Waals surface area contributed by atoms with E-state index in [-0.39, 0.29) is 35.7 Å². The van der Waals surface area contributed by atoms with Gasteiger partial charge < -0.3 is 4.74 Å². The van der Waals surface area contributed by atoms with E-state index < -0.39 is 22.1 Å². The molecule has 208 valence electrons. The smallest absolute Gasteiger partial charge is 0.338 e. The number of carbonyl (C=O) groups excluding carboxylic acids is 4. The lowest BCUT2D eigenvalue weighted by atomic mass is 9.55. The Bertz CT molecular complexity index is 1780. The third-order valence-corrected chi connectivity index (χ3v) is 10.3. The van der Waals surface area contributed by atoms with Crippen LogP contribution >= 0.6 is 15.9 Å². The maximum atomic E-state index is 14.1. The van der Waals surface area contributed by atoms with E-state index in [1.165, 1.54) is 17.0 Å². The van der Waals surface area contributed by atoms with Crippen LogP contribution in [0.5, 0.6) is 0 Å². The second kappa shape index (κ2) is 9.60. The predicted molar refractivity (Wildman–Crippen MR) is 161 cm³/mol. The molecule has 0 radical (unpaired) electrons. The van der Waals surface area contributed by atoms with Gasteiger partial charge >= 0.3 is 5.97 Å². The summed E-state index contributed by atoms with van der Waals surface area (Å²) in [6.45, 7) is 3.35. The number of carbonyl (C=O) groups is 4. The van der Waals surface area contributed by atoms with Gasteiger partial charge in [-0.3, -0.25) is 14.4 Å². The van der Waals surface area contributed by atoms with E-state index in [0.717, 1.165) is 33.4 Å². The Labute approximate surface area is 251 Å². The minimum absolute atomic E-state index is 0.223. The number of ether oxygens (including phenoxy) is 1. The van der Waals surface area contributed by atoms with E-state index in [2.05, 4.69) is 15.9 Å². The fourth-order valence-electron chi connectivity index (χ4n) is 7.01.